The second kappa shape index (κ2) is 8.09. The number of aromatic carboxylic acids is 1. The van der Waals surface area contributed by atoms with Crippen molar-refractivity contribution >= 4 is 12.1 Å². The van der Waals surface area contributed by atoms with Gasteiger partial charge >= 0.3 is 12.1 Å². The maximum atomic E-state index is 12.4. The van der Waals surface area contributed by atoms with Gasteiger partial charge in [-0.2, -0.15) is 10.3 Å². The molecule has 128 valence electrons. The van der Waals surface area contributed by atoms with Crippen LogP contribution in [-0.4, -0.2) is 43.5 Å². The van der Waals surface area contributed by atoms with Gasteiger partial charge in [-0.1, -0.05) is 37.3 Å². The van der Waals surface area contributed by atoms with Gasteiger partial charge in [-0.3, -0.25) is 4.90 Å². The van der Waals surface area contributed by atoms with E-state index >= 15 is 0 Å². The van der Waals surface area contributed by atoms with Crippen LogP contribution in [0.1, 0.15) is 42.0 Å². The lowest BCUT2D eigenvalue weighted by atomic mass is 10.2. The molecule has 0 aliphatic rings. The summed E-state index contributed by atoms with van der Waals surface area (Å²) >= 11 is 0. The molecule has 8 nitrogen and oxygen atoms in total. The largest absolute Gasteiger partial charge is 0.476 e. The first-order chi connectivity index (χ1) is 11.5. The molecule has 0 spiro atoms. The van der Waals surface area contributed by atoms with Crippen LogP contribution < -0.4 is 0 Å². The number of nitrogens with one attached hydrogen (secondary N) is 1. The van der Waals surface area contributed by atoms with Gasteiger partial charge in [0.25, 0.3) is 0 Å². The van der Waals surface area contributed by atoms with Crippen molar-refractivity contribution < 1.29 is 19.4 Å². The number of benzene rings is 1. The lowest BCUT2D eigenvalue weighted by Gasteiger charge is -2.27. The van der Waals surface area contributed by atoms with Gasteiger partial charge in [-0.25, -0.2) is 9.59 Å². The molecule has 2 N–H and O–H groups in total. The minimum Gasteiger partial charge on any atom is -0.476 e. The number of carboxylic acids is 1. The zero-order valence-corrected chi connectivity index (χ0v) is 13.6. The summed E-state index contributed by atoms with van der Waals surface area (Å²) in [4.78, 5) is 25.0. The molecule has 1 aromatic carbocycles. The molecule has 2 rings (SSSR count). The van der Waals surface area contributed by atoms with Crippen molar-refractivity contribution in [2.75, 3.05) is 0 Å². The van der Waals surface area contributed by atoms with E-state index in [9.17, 15) is 9.59 Å². The molecule has 0 saturated heterocycles. The van der Waals surface area contributed by atoms with Crippen LogP contribution in [0.25, 0.3) is 0 Å². The van der Waals surface area contributed by atoms with Crippen molar-refractivity contribution in [3.8, 4) is 0 Å². The minimum atomic E-state index is -1.19. The predicted molar refractivity (Wildman–Crippen MR) is 85.3 cm³/mol. The van der Waals surface area contributed by atoms with Gasteiger partial charge in [0.05, 0.1) is 6.54 Å². The average Bonchev–Trinajstić information content (AvgIpc) is 3.06. The highest BCUT2D eigenvalue weighted by Crippen LogP contribution is 2.14. The summed E-state index contributed by atoms with van der Waals surface area (Å²) in [5.41, 5.74) is 0.876. The topological polar surface area (TPSA) is 108 Å². The fourth-order valence-electron chi connectivity index (χ4n) is 2.12. The van der Waals surface area contributed by atoms with E-state index in [2.05, 4.69) is 15.4 Å². The van der Waals surface area contributed by atoms with Crippen LogP contribution >= 0.6 is 0 Å². The number of nitrogens with zero attached hydrogens (tertiary/aromatic N) is 3. The van der Waals surface area contributed by atoms with Crippen LogP contribution in [0.4, 0.5) is 4.79 Å². The van der Waals surface area contributed by atoms with Gasteiger partial charge in [0.2, 0.25) is 0 Å². The number of hydrogen-bond acceptors (Lipinski definition) is 5. The molecule has 8 heteroatoms. The number of carbonyl (C=O) groups is 2. The third-order valence-corrected chi connectivity index (χ3v) is 3.71. The molecular weight excluding hydrogens is 312 g/mol. The Morgan fingerprint density at radius 3 is 2.62 bits per heavy atom. The lowest BCUT2D eigenvalue weighted by Crippen LogP contribution is -2.38. The fourth-order valence-corrected chi connectivity index (χ4v) is 2.12. The third-order valence-electron chi connectivity index (χ3n) is 3.71. The number of amides is 1. The maximum absolute atomic E-state index is 12.4. The van der Waals surface area contributed by atoms with Crippen LogP contribution in [0.5, 0.6) is 0 Å². The summed E-state index contributed by atoms with van der Waals surface area (Å²) in [6.07, 6.45) is 0.174. The number of rotatable bonds is 7. The Kier molecular flexibility index (Phi) is 5.89. The van der Waals surface area contributed by atoms with E-state index in [0.717, 1.165) is 5.56 Å². The normalized spacial score (nSPS) is 11.8. The molecule has 0 radical (unpaired) electrons. The summed E-state index contributed by atoms with van der Waals surface area (Å²) in [6.45, 7) is 3.96. The van der Waals surface area contributed by atoms with E-state index in [1.54, 1.807) is 0 Å². The summed E-state index contributed by atoms with van der Waals surface area (Å²) in [5, 5.41) is 18.8. The van der Waals surface area contributed by atoms with Crippen LogP contribution in [0.15, 0.2) is 30.3 Å². The van der Waals surface area contributed by atoms with Crippen molar-refractivity contribution in [1.29, 1.82) is 0 Å². The first-order valence-corrected chi connectivity index (χ1v) is 7.63. The Morgan fingerprint density at radius 1 is 1.29 bits per heavy atom. The standard InChI is InChI=1S/C16H20N4O4/c1-3-11(2)20(9-13-14(15(21)22)18-19-17-13)16(23)24-10-12-7-5-4-6-8-12/h4-8,11H,3,9-10H2,1-2H3,(H,21,22)(H,17,18,19). The molecule has 24 heavy (non-hydrogen) atoms. The zero-order valence-electron chi connectivity index (χ0n) is 13.6. The molecule has 1 aromatic heterocycles. The predicted octanol–water partition coefficient (Wildman–Crippen LogP) is 2.44. The molecule has 2 aromatic rings. The smallest absolute Gasteiger partial charge is 0.410 e. The monoisotopic (exact) mass is 332 g/mol. The van der Waals surface area contributed by atoms with Gasteiger partial charge in [-0.15, -0.1) is 5.10 Å². The highest BCUT2D eigenvalue weighted by Gasteiger charge is 2.25. The van der Waals surface area contributed by atoms with Crippen LogP contribution in [-0.2, 0) is 17.9 Å². The Morgan fingerprint density at radius 2 is 2.00 bits per heavy atom. The maximum Gasteiger partial charge on any atom is 0.410 e. The summed E-state index contributed by atoms with van der Waals surface area (Å²) in [6, 6.07) is 9.21. The molecule has 0 bridgehead atoms. The molecule has 0 aliphatic carbocycles. The van der Waals surface area contributed by atoms with Gasteiger partial charge in [0.15, 0.2) is 5.69 Å². The Balaban J connectivity index is 2.08. The Hall–Kier alpha value is -2.90. The highest BCUT2D eigenvalue weighted by molar-refractivity contribution is 5.86. The van der Waals surface area contributed by atoms with E-state index in [4.69, 9.17) is 9.84 Å². The molecule has 0 aliphatic heterocycles. The number of aromatic amines is 1. The first kappa shape index (κ1) is 17.5. The van der Waals surface area contributed by atoms with E-state index in [1.807, 2.05) is 44.2 Å². The Bertz CT molecular complexity index is 686. The third kappa shape index (κ3) is 4.31. The van der Waals surface area contributed by atoms with E-state index < -0.39 is 12.1 Å². The van der Waals surface area contributed by atoms with Crippen molar-refractivity contribution in [3.63, 3.8) is 0 Å². The summed E-state index contributed by atoms with van der Waals surface area (Å²) in [7, 11) is 0. The van der Waals surface area contributed by atoms with Gasteiger partial charge in [0, 0.05) is 6.04 Å². The fraction of sp³-hybridized carbons (Fsp3) is 0.375. The molecule has 1 unspecified atom stereocenters. The van der Waals surface area contributed by atoms with E-state index in [1.165, 1.54) is 4.90 Å². The van der Waals surface area contributed by atoms with Crippen molar-refractivity contribution in [2.45, 2.75) is 39.5 Å². The van der Waals surface area contributed by atoms with Crippen LogP contribution in [0.3, 0.4) is 0 Å². The minimum absolute atomic E-state index is 0.0146. The SMILES string of the molecule is CCC(C)N(Cc1n[nH]nc1C(=O)O)C(=O)OCc1ccccc1. The van der Waals surface area contributed by atoms with Crippen molar-refractivity contribution in [3.05, 3.63) is 47.3 Å². The van der Waals surface area contributed by atoms with Crippen molar-refractivity contribution in [2.24, 2.45) is 0 Å². The quantitative estimate of drug-likeness (QED) is 0.806. The van der Waals surface area contributed by atoms with Gasteiger partial charge in [0.1, 0.15) is 12.3 Å². The molecule has 0 saturated carbocycles. The van der Waals surface area contributed by atoms with Crippen molar-refractivity contribution in [1.82, 2.24) is 20.3 Å². The van der Waals surface area contributed by atoms with Crippen LogP contribution in [0, 0.1) is 0 Å². The highest BCUT2D eigenvalue weighted by atomic mass is 16.6. The van der Waals surface area contributed by atoms with Crippen LogP contribution in [0.2, 0.25) is 0 Å². The number of carbonyl (C=O) groups excluding carboxylic acids is 1. The number of ether oxygens (including phenoxy) is 1. The van der Waals surface area contributed by atoms with Gasteiger partial charge < -0.3 is 9.84 Å². The number of H-pyrrole nitrogens is 1. The molecule has 0 fully saturated rings. The molecule has 1 atom stereocenters. The van der Waals surface area contributed by atoms with E-state index in [-0.39, 0.29) is 30.6 Å². The molecule has 1 amide bonds. The second-order valence-electron chi connectivity index (χ2n) is 5.35. The second-order valence-corrected chi connectivity index (χ2v) is 5.35. The average molecular weight is 332 g/mol. The number of carboxylic acid groups (broad SMARTS) is 1. The number of aromatic nitrogens is 3. The van der Waals surface area contributed by atoms with E-state index in [0.29, 0.717) is 6.42 Å². The summed E-state index contributed by atoms with van der Waals surface area (Å²) < 4.78 is 5.34. The molecular formula is C16H20N4O4. The Labute approximate surface area is 139 Å². The van der Waals surface area contributed by atoms with Gasteiger partial charge in [-0.05, 0) is 18.9 Å². The first-order valence-electron chi connectivity index (χ1n) is 7.63. The molecule has 1 heterocycles. The zero-order chi connectivity index (χ0) is 17.5. The summed E-state index contributed by atoms with van der Waals surface area (Å²) in [5.74, 6) is -1.19. The number of hydrogen-bond donors (Lipinski definition) is 2. The lowest BCUT2D eigenvalue weighted by molar-refractivity contribution is 0.0675.